The Balaban J connectivity index is 2.14. The quantitative estimate of drug-likeness (QED) is 0.787. The second-order valence-corrected chi connectivity index (χ2v) is 6.31. The smallest absolute Gasteiger partial charge is 0.119 e. The molecule has 2 heteroatoms. The van der Waals surface area contributed by atoms with Crippen LogP contribution in [0.15, 0.2) is 24.3 Å². The molecule has 0 aliphatic heterocycles. The summed E-state index contributed by atoms with van der Waals surface area (Å²) in [6.07, 6.45) is 10.9. The van der Waals surface area contributed by atoms with E-state index in [1.54, 1.807) is 7.11 Å². The zero-order valence-electron chi connectivity index (χ0n) is 13.7. The van der Waals surface area contributed by atoms with E-state index in [9.17, 15) is 0 Å². The zero-order chi connectivity index (χ0) is 14.9. The molecule has 0 spiro atoms. The number of nitrogens with one attached hydrogen (secondary N) is 1. The van der Waals surface area contributed by atoms with Crippen LogP contribution >= 0.6 is 0 Å². The Hall–Kier alpha value is -1.02. The van der Waals surface area contributed by atoms with Gasteiger partial charge >= 0.3 is 0 Å². The molecule has 1 N–H and O–H groups in total. The molecule has 0 saturated heterocycles. The highest BCUT2D eigenvalue weighted by atomic mass is 16.5. The minimum absolute atomic E-state index is 0.484. The average molecular weight is 289 g/mol. The molecule has 0 bridgehead atoms. The van der Waals surface area contributed by atoms with Crippen LogP contribution in [0.4, 0.5) is 0 Å². The minimum Gasteiger partial charge on any atom is -0.497 e. The van der Waals surface area contributed by atoms with Crippen LogP contribution in [0.3, 0.4) is 0 Å². The van der Waals surface area contributed by atoms with Gasteiger partial charge in [-0.1, -0.05) is 51.2 Å². The molecule has 1 aliphatic carbocycles. The van der Waals surface area contributed by atoms with E-state index in [1.807, 2.05) is 6.07 Å². The van der Waals surface area contributed by atoms with Gasteiger partial charge in [0.05, 0.1) is 7.11 Å². The Bertz CT molecular complexity index is 396. The van der Waals surface area contributed by atoms with Crippen LogP contribution < -0.4 is 10.1 Å². The summed E-state index contributed by atoms with van der Waals surface area (Å²) in [5.41, 5.74) is 1.40. The molecule has 1 fully saturated rings. The Morgan fingerprint density at radius 3 is 2.52 bits per heavy atom. The number of ether oxygens (including phenoxy) is 1. The standard InChI is InChI=1S/C19H31NO/c1-3-14-20-19(16-10-7-5-4-6-8-11-16)17-12-9-13-18(15-17)21-2/h9,12-13,15-16,19-20H,3-8,10-11,14H2,1-2H3. The second kappa shape index (κ2) is 9.09. The molecule has 1 aromatic carbocycles. The topological polar surface area (TPSA) is 21.3 Å². The van der Waals surface area contributed by atoms with Crippen molar-refractivity contribution < 1.29 is 4.74 Å². The lowest BCUT2D eigenvalue weighted by Gasteiger charge is -2.30. The van der Waals surface area contributed by atoms with E-state index in [2.05, 4.69) is 30.4 Å². The minimum atomic E-state index is 0.484. The fourth-order valence-electron chi connectivity index (χ4n) is 3.51. The van der Waals surface area contributed by atoms with Gasteiger partial charge in [0.2, 0.25) is 0 Å². The van der Waals surface area contributed by atoms with Crippen LogP contribution in [0.25, 0.3) is 0 Å². The van der Waals surface area contributed by atoms with Gasteiger partial charge in [-0.3, -0.25) is 0 Å². The summed E-state index contributed by atoms with van der Waals surface area (Å²) in [5.74, 6) is 1.74. The summed E-state index contributed by atoms with van der Waals surface area (Å²) < 4.78 is 5.41. The van der Waals surface area contributed by atoms with Gasteiger partial charge in [0.25, 0.3) is 0 Å². The Kier molecular flexibility index (Phi) is 7.08. The normalized spacial score (nSPS) is 18.8. The van der Waals surface area contributed by atoms with Crippen LogP contribution in [0.2, 0.25) is 0 Å². The number of benzene rings is 1. The van der Waals surface area contributed by atoms with E-state index in [0.717, 1.165) is 18.2 Å². The molecule has 2 rings (SSSR count). The molecule has 1 aromatic rings. The highest BCUT2D eigenvalue weighted by Gasteiger charge is 2.23. The van der Waals surface area contributed by atoms with Crippen molar-refractivity contribution in [2.24, 2.45) is 5.92 Å². The van der Waals surface area contributed by atoms with Crippen LogP contribution in [-0.2, 0) is 0 Å². The molecule has 0 heterocycles. The molecule has 0 amide bonds. The van der Waals surface area contributed by atoms with Crippen molar-refractivity contribution in [3.8, 4) is 5.75 Å². The summed E-state index contributed by atoms with van der Waals surface area (Å²) in [7, 11) is 1.75. The maximum atomic E-state index is 5.41. The van der Waals surface area contributed by atoms with E-state index in [4.69, 9.17) is 4.74 Å². The van der Waals surface area contributed by atoms with Crippen molar-refractivity contribution >= 4 is 0 Å². The molecule has 0 aromatic heterocycles. The molecule has 2 nitrogen and oxygen atoms in total. The predicted octanol–water partition coefficient (Wildman–Crippen LogP) is 5.10. The van der Waals surface area contributed by atoms with Crippen LogP contribution in [-0.4, -0.2) is 13.7 Å². The lowest BCUT2D eigenvalue weighted by molar-refractivity contribution is 0.288. The first-order valence-electron chi connectivity index (χ1n) is 8.72. The largest absolute Gasteiger partial charge is 0.497 e. The maximum Gasteiger partial charge on any atom is 0.119 e. The number of methoxy groups -OCH3 is 1. The predicted molar refractivity (Wildman–Crippen MR) is 89.8 cm³/mol. The van der Waals surface area contributed by atoms with Gasteiger partial charge in [-0.2, -0.15) is 0 Å². The van der Waals surface area contributed by atoms with Crippen molar-refractivity contribution in [2.45, 2.75) is 64.3 Å². The van der Waals surface area contributed by atoms with Gasteiger partial charge in [0.15, 0.2) is 0 Å². The molecule has 21 heavy (non-hydrogen) atoms. The lowest BCUT2D eigenvalue weighted by atomic mass is 9.82. The summed E-state index contributed by atoms with van der Waals surface area (Å²) in [6, 6.07) is 9.12. The summed E-state index contributed by atoms with van der Waals surface area (Å²) in [5, 5.41) is 3.80. The van der Waals surface area contributed by atoms with E-state index in [1.165, 1.54) is 56.9 Å². The number of rotatable bonds is 6. The number of hydrogen-bond donors (Lipinski definition) is 1. The van der Waals surface area contributed by atoms with E-state index < -0.39 is 0 Å². The van der Waals surface area contributed by atoms with Crippen molar-refractivity contribution in [1.29, 1.82) is 0 Å². The third kappa shape index (κ3) is 5.03. The Morgan fingerprint density at radius 2 is 1.86 bits per heavy atom. The molecular formula is C19H31NO. The molecule has 1 atom stereocenters. The summed E-state index contributed by atoms with van der Waals surface area (Å²) in [4.78, 5) is 0. The van der Waals surface area contributed by atoms with Gasteiger partial charge in [-0.25, -0.2) is 0 Å². The first-order valence-corrected chi connectivity index (χ1v) is 8.72. The van der Waals surface area contributed by atoms with E-state index in [-0.39, 0.29) is 0 Å². The molecular weight excluding hydrogens is 258 g/mol. The van der Waals surface area contributed by atoms with Crippen molar-refractivity contribution in [3.05, 3.63) is 29.8 Å². The van der Waals surface area contributed by atoms with Crippen LogP contribution in [0.5, 0.6) is 5.75 Å². The third-order valence-electron chi connectivity index (χ3n) is 4.69. The first kappa shape index (κ1) is 16.4. The van der Waals surface area contributed by atoms with Gasteiger partial charge < -0.3 is 10.1 Å². The molecule has 0 radical (unpaired) electrons. The molecule has 1 saturated carbocycles. The SMILES string of the molecule is CCCNC(c1cccc(OC)c1)C1CCCCCCC1. The van der Waals surface area contributed by atoms with E-state index in [0.29, 0.717) is 6.04 Å². The highest BCUT2D eigenvalue weighted by molar-refractivity contribution is 5.31. The molecule has 1 unspecified atom stereocenters. The summed E-state index contributed by atoms with van der Waals surface area (Å²) in [6.45, 7) is 3.34. The van der Waals surface area contributed by atoms with Gasteiger partial charge in [-0.05, 0) is 49.4 Å². The average Bonchev–Trinajstić information content (AvgIpc) is 2.49. The fraction of sp³-hybridized carbons (Fsp3) is 0.684. The van der Waals surface area contributed by atoms with Crippen LogP contribution in [0, 0.1) is 5.92 Å². The maximum absolute atomic E-state index is 5.41. The molecule has 118 valence electrons. The first-order chi connectivity index (χ1) is 10.3. The monoisotopic (exact) mass is 289 g/mol. The molecule has 1 aliphatic rings. The van der Waals surface area contributed by atoms with Gasteiger partial charge in [0, 0.05) is 6.04 Å². The zero-order valence-corrected chi connectivity index (χ0v) is 13.7. The van der Waals surface area contributed by atoms with Crippen LogP contribution in [0.1, 0.15) is 69.9 Å². The lowest BCUT2D eigenvalue weighted by Crippen LogP contribution is -2.29. The fourth-order valence-corrected chi connectivity index (χ4v) is 3.51. The van der Waals surface area contributed by atoms with Crippen molar-refractivity contribution in [2.75, 3.05) is 13.7 Å². The summed E-state index contributed by atoms with van der Waals surface area (Å²) >= 11 is 0. The van der Waals surface area contributed by atoms with Crippen molar-refractivity contribution in [1.82, 2.24) is 5.32 Å². The second-order valence-electron chi connectivity index (χ2n) is 6.31. The third-order valence-corrected chi connectivity index (χ3v) is 4.69. The Labute approximate surface area is 130 Å². The van der Waals surface area contributed by atoms with Gasteiger partial charge in [0.1, 0.15) is 5.75 Å². The van der Waals surface area contributed by atoms with Crippen molar-refractivity contribution in [3.63, 3.8) is 0 Å². The number of hydrogen-bond acceptors (Lipinski definition) is 2. The highest BCUT2D eigenvalue weighted by Crippen LogP contribution is 2.34. The van der Waals surface area contributed by atoms with E-state index >= 15 is 0 Å². The Morgan fingerprint density at radius 1 is 1.14 bits per heavy atom. The van der Waals surface area contributed by atoms with Gasteiger partial charge in [-0.15, -0.1) is 0 Å².